The first-order valence-corrected chi connectivity index (χ1v) is 9.20. The Bertz CT molecular complexity index is 1120. The van der Waals surface area contributed by atoms with E-state index in [0.717, 1.165) is 34.4 Å². The maximum Gasteiger partial charge on any atom is 0.274 e. The summed E-state index contributed by atoms with van der Waals surface area (Å²) in [4.78, 5) is 21.2. The smallest absolute Gasteiger partial charge is 0.274 e. The predicted molar refractivity (Wildman–Crippen MR) is 113 cm³/mol. The number of fused-ring (bicyclic) bond motifs is 1. The fourth-order valence-corrected chi connectivity index (χ4v) is 3.01. The van der Waals surface area contributed by atoms with Crippen LogP contribution in [0.25, 0.3) is 10.9 Å². The van der Waals surface area contributed by atoms with E-state index in [4.69, 9.17) is 0 Å². The summed E-state index contributed by atoms with van der Waals surface area (Å²) in [6, 6.07) is 21.3. The van der Waals surface area contributed by atoms with E-state index in [-0.39, 0.29) is 5.91 Å². The Balaban J connectivity index is 1.54. The van der Waals surface area contributed by atoms with E-state index >= 15 is 0 Å². The fourth-order valence-electron chi connectivity index (χ4n) is 3.01. The van der Waals surface area contributed by atoms with Crippen LogP contribution in [-0.2, 0) is 6.42 Å². The molecule has 2 N–H and O–H groups in total. The lowest BCUT2D eigenvalue weighted by Gasteiger charge is -2.10. The normalized spacial score (nSPS) is 10.6. The van der Waals surface area contributed by atoms with E-state index in [9.17, 15) is 4.79 Å². The molecule has 4 aromatic rings. The highest BCUT2D eigenvalue weighted by Crippen LogP contribution is 2.24. The topological polar surface area (TPSA) is 66.9 Å². The molecule has 28 heavy (non-hydrogen) atoms. The second-order valence-corrected chi connectivity index (χ2v) is 6.44. The lowest BCUT2D eigenvalue weighted by Crippen LogP contribution is -2.13. The predicted octanol–water partition coefficient (Wildman–Crippen LogP) is 5.19. The van der Waals surface area contributed by atoms with Crippen LogP contribution < -0.4 is 10.6 Å². The molecule has 0 saturated carbocycles. The van der Waals surface area contributed by atoms with Crippen LogP contribution >= 0.6 is 0 Å². The molecule has 2 aromatic heterocycles. The maximum atomic E-state index is 12.6. The quantitative estimate of drug-likeness (QED) is 0.509. The molecule has 4 rings (SSSR count). The zero-order valence-electron chi connectivity index (χ0n) is 15.5. The van der Waals surface area contributed by atoms with Crippen LogP contribution in [-0.4, -0.2) is 15.9 Å². The number of pyridine rings is 2. The number of nitrogens with zero attached hydrogens (tertiary/aromatic N) is 2. The number of anilines is 3. The van der Waals surface area contributed by atoms with Gasteiger partial charge in [-0.25, -0.2) is 0 Å². The zero-order chi connectivity index (χ0) is 19.3. The average molecular weight is 368 g/mol. The van der Waals surface area contributed by atoms with Gasteiger partial charge < -0.3 is 10.6 Å². The number of hydrogen-bond donors (Lipinski definition) is 2. The van der Waals surface area contributed by atoms with Crippen molar-refractivity contribution in [1.29, 1.82) is 0 Å². The molecule has 1 amide bonds. The van der Waals surface area contributed by atoms with Crippen molar-refractivity contribution >= 4 is 33.9 Å². The fraction of sp³-hybridized carbons (Fsp3) is 0.0870. The van der Waals surface area contributed by atoms with Crippen LogP contribution in [0.4, 0.5) is 17.1 Å². The third-order valence-corrected chi connectivity index (χ3v) is 4.52. The summed E-state index contributed by atoms with van der Waals surface area (Å²) in [5.74, 6) is -0.246. The second-order valence-electron chi connectivity index (χ2n) is 6.44. The van der Waals surface area contributed by atoms with Gasteiger partial charge in [-0.15, -0.1) is 0 Å². The number of carbonyl (C=O) groups excluding carboxylic acids is 1. The first-order chi connectivity index (χ1) is 13.7. The van der Waals surface area contributed by atoms with Crippen molar-refractivity contribution < 1.29 is 4.79 Å². The van der Waals surface area contributed by atoms with Crippen molar-refractivity contribution in [2.75, 3.05) is 10.6 Å². The number of rotatable bonds is 5. The number of amides is 1. The summed E-state index contributed by atoms with van der Waals surface area (Å²) in [7, 11) is 0. The van der Waals surface area contributed by atoms with Gasteiger partial charge in [-0.05, 0) is 48.4 Å². The van der Waals surface area contributed by atoms with Crippen LogP contribution in [0.3, 0.4) is 0 Å². The molecule has 0 aliphatic rings. The van der Waals surface area contributed by atoms with Gasteiger partial charge in [0.1, 0.15) is 5.69 Å². The number of aryl methyl sites for hydroxylation is 1. The van der Waals surface area contributed by atoms with Gasteiger partial charge >= 0.3 is 0 Å². The molecular weight excluding hydrogens is 348 g/mol. The van der Waals surface area contributed by atoms with Crippen LogP contribution in [0, 0.1) is 0 Å². The largest absolute Gasteiger partial charge is 0.354 e. The minimum atomic E-state index is -0.246. The first kappa shape index (κ1) is 17.7. The molecule has 138 valence electrons. The van der Waals surface area contributed by atoms with Crippen LogP contribution in [0.1, 0.15) is 23.0 Å². The van der Waals surface area contributed by atoms with Gasteiger partial charge in [0.15, 0.2) is 0 Å². The monoisotopic (exact) mass is 368 g/mol. The summed E-state index contributed by atoms with van der Waals surface area (Å²) in [6.45, 7) is 2.10. The maximum absolute atomic E-state index is 12.6. The lowest BCUT2D eigenvalue weighted by molar-refractivity contribution is 0.102. The Hall–Kier alpha value is -3.73. The Labute approximate surface area is 163 Å². The Morgan fingerprint density at radius 2 is 1.71 bits per heavy atom. The molecule has 5 heteroatoms. The highest BCUT2D eigenvalue weighted by atomic mass is 16.1. The third kappa shape index (κ3) is 3.83. The second kappa shape index (κ2) is 7.88. The van der Waals surface area contributed by atoms with Gasteiger partial charge in [-0.3, -0.25) is 14.8 Å². The van der Waals surface area contributed by atoms with Gasteiger partial charge in [0.2, 0.25) is 0 Å². The molecule has 2 aromatic carbocycles. The van der Waals surface area contributed by atoms with Gasteiger partial charge in [0.05, 0.1) is 11.2 Å². The van der Waals surface area contributed by atoms with Gasteiger partial charge in [0, 0.05) is 29.2 Å². The van der Waals surface area contributed by atoms with Crippen molar-refractivity contribution in [3.8, 4) is 0 Å². The number of aromatic nitrogens is 2. The molecular formula is C23H20N4O. The average Bonchev–Trinajstić information content (AvgIpc) is 2.75. The van der Waals surface area contributed by atoms with Crippen LogP contribution in [0.2, 0.25) is 0 Å². The number of benzene rings is 2. The molecule has 0 fully saturated rings. The van der Waals surface area contributed by atoms with Crippen molar-refractivity contribution in [3.63, 3.8) is 0 Å². The Morgan fingerprint density at radius 1 is 0.893 bits per heavy atom. The van der Waals surface area contributed by atoms with Crippen molar-refractivity contribution in [2.24, 2.45) is 0 Å². The highest BCUT2D eigenvalue weighted by molar-refractivity contribution is 6.03. The number of hydrogen-bond acceptors (Lipinski definition) is 4. The molecule has 0 atom stereocenters. The molecule has 0 spiro atoms. The van der Waals surface area contributed by atoms with Gasteiger partial charge in [-0.2, -0.15) is 0 Å². The summed E-state index contributed by atoms with van der Waals surface area (Å²) in [6.07, 6.45) is 4.35. The summed E-state index contributed by atoms with van der Waals surface area (Å²) in [5, 5.41) is 7.28. The first-order valence-electron chi connectivity index (χ1n) is 9.20. The molecule has 2 heterocycles. The van der Waals surface area contributed by atoms with Crippen molar-refractivity contribution in [2.45, 2.75) is 13.3 Å². The molecule has 0 aliphatic heterocycles. The van der Waals surface area contributed by atoms with Crippen molar-refractivity contribution in [3.05, 3.63) is 90.4 Å². The van der Waals surface area contributed by atoms with Crippen molar-refractivity contribution in [1.82, 2.24) is 9.97 Å². The summed E-state index contributed by atoms with van der Waals surface area (Å²) < 4.78 is 0. The standard InChI is InChI=1S/C23H20N4O/c1-2-16-8-10-18(11-9-16)27-23(28)21-15-19(12-14-24-21)26-20-7-3-5-17-6-4-13-25-22(17)20/h3-15H,2H2,1H3,(H,24,26)(H,27,28). The van der Waals surface area contributed by atoms with E-state index in [2.05, 4.69) is 27.5 Å². The lowest BCUT2D eigenvalue weighted by atomic mass is 10.1. The number of nitrogens with one attached hydrogen (secondary N) is 2. The minimum Gasteiger partial charge on any atom is -0.354 e. The molecule has 0 unspecified atom stereocenters. The summed E-state index contributed by atoms with van der Waals surface area (Å²) >= 11 is 0. The third-order valence-electron chi connectivity index (χ3n) is 4.52. The van der Waals surface area contributed by atoms with Crippen LogP contribution in [0.15, 0.2) is 79.1 Å². The van der Waals surface area contributed by atoms with E-state index < -0.39 is 0 Å². The molecule has 0 radical (unpaired) electrons. The molecule has 5 nitrogen and oxygen atoms in total. The van der Waals surface area contributed by atoms with E-state index in [1.807, 2.05) is 60.7 Å². The van der Waals surface area contributed by atoms with E-state index in [0.29, 0.717) is 5.69 Å². The van der Waals surface area contributed by atoms with Gasteiger partial charge in [-0.1, -0.05) is 37.3 Å². The van der Waals surface area contributed by atoms with E-state index in [1.165, 1.54) is 5.56 Å². The van der Waals surface area contributed by atoms with Crippen LogP contribution in [0.5, 0.6) is 0 Å². The number of carbonyl (C=O) groups is 1. The number of para-hydroxylation sites is 1. The molecule has 0 saturated heterocycles. The zero-order valence-corrected chi connectivity index (χ0v) is 15.5. The molecule has 0 aliphatic carbocycles. The van der Waals surface area contributed by atoms with Gasteiger partial charge in [0.25, 0.3) is 5.91 Å². The minimum absolute atomic E-state index is 0.246. The highest BCUT2D eigenvalue weighted by Gasteiger charge is 2.10. The summed E-state index contributed by atoms with van der Waals surface area (Å²) in [5.41, 5.74) is 4.86. The molecule has 0 bridgehead atoms. The Morgan fingerprint density at radius 3 is 2.54 bits per heavy atom. The van der Waals surface area contributed by atoms with E-state index in [1.54, 1.807) is 18.5 Å². The Kier molecular flexibility index (Phi) is 4.97. The SMILES string of the molecule is CCc1ccc(NC(=O)c2cc(Nc3cccc4cccnc34)ccn2)cc1.